The highest BCUT2D eigenvalue weighted by molar-refractivity contribution is 5.23. The quantitative estimate of drug-likeness (QED) is 0.297. The van der Waals surface area contributed by atoms with Crippen molar-refractivity contribution in [1.82, 2.24) is 0 Å². The lowest BCUT2D eigenvalue weighted by molar-refractivity contribution is -0.0739. The van der Waals surface area contributed by atoms with Crippen molar-refractivity contribution < 1.29 is 0 Å². The molecule has 0 aromatic carbocycles. The van der Waals surface area contributed by atoms with Crippen LogP contribution in [0.3, 0.4) is 0 Å². The maximum Gasteiger partial charge on any atom is 0.0112 e. The van der Waals surface area contributed by atoms with Gasteiger partial charge in [0.05, 0.1) is 0 Å². The van der Waals surface area contributed by atoms with E-state index in [4.69, 9.17) is 5.53 Å². The first kappa shape index (κ1) is 15.6. The fourth-order valence-corrected chi connectivity index (χ4v) is 7.38. The van der Waals surface area contributed by atoms with Crippen LogP contribution < -0.4 is 0 Å². The molecule has 0 bridgehead atoms. The molecule has 4 rings (SSSR count). The number of nitrogens with zero attached hydrogens (tertiary/aromatic N) is 3. The second-order valence-corrected chi connectivity index (χ2v) is 9.50. The van der Waals surface area contributed by atoms with Crippen LogP contribution in [0.4, 0.5) is 0 Å². The first-order chi connectivity index (χ1) is 11.0. The number of azide groups is 1. The molecule has 4 saturated carbocycles. The Bertz CT molecular complexity index is 588. The number of rotatable bonds is 1. The van der Waals surface area contributed by atoms with Crippen molar-refractivity contribution in [2.75, 3.05) is 0 Å². The zero-order valence-electron chi connectivity index (χ0n) is 15.0. The van der Waals surface area contributed by atoms with E-state index in [-0.39, 0.29) is 0 Å². The fourth-order valence-electron chi connectivity index (χ4n) is 7.38. The predicted molar refractivity (Wildman–Crippen MR) is 93.6 cm³/mol. The van der Waals surface area contributed by atoms with Crippen molar-refractivity contribution >= 4 is 0 Å². The van der Waals surface area contributed by atoms with Crippen molar-refractivity contribution in [3.05, 3.63) is 21.7 Å². The summed E-state index contributed by atoms with van der Waals surface area (Å²) in [5.74, 6) is 3.70. The van der Waals surface area contributed by atoms with Crippen molar-refractivity contribution in [3.8, 4) is 0 Å². The first-order valence-electron chi connectivity index (χ1n) is 9.72. The van der Waals surface area contributed by atoms with Gasteiger partial charge >= 0.3 is 0 Å². The van der Waals surface area contributed by atoms with Gasteiger partial charge in [0, 0.05) is 10.6 Å². The summed E-state index contributed by atoms with van der Waals surface area (Å²) in [5, 5.41) is 3.92. The summed E-state index contributed by atoms with van der Waals surface area (Å²) >= 11 is 0. The molecule has 6 atom stereocenters. The normalized spacial score (nSPS) is 50.6. The fraction of sp³-hybridized carbons (Fsp3) is 0.900. The van der Waals surface area contributed by atoms with E-state index in [1.165, 1.54) is 63.4 Å². The summed E-state index contributed by atoms with van der Waals surface area (Å²) in [6.07, 6.45) is 12.6. The van der Waals surface area contributed by atoms with Crippen LogP contribution in [0.1, 0.15) is 78.6 Å². The molecule has 0 N–H and O–H groups in total. The largest absolute Gasteiger partial charge is 0.0655 e. The van der Waals surface area contributed by atoms with Gasteiger partial charge in [-0.2, -0.15) is 0 Å². The average Bonchev–Trinajstić information content (AvgIpc) is 3.07. The highest BCUT2D eigenvalue weighted by Gasteiger charge is 2.58. The van der Waals surface area contributed by atoms with Crippen molar-refractivity contribution in [3.63, 3.8) is 0 Å². The van der Waals surface area contributed by atoms with E-state index in [0.717, 1.165) is 29.4 Å². The molecular formula is C20H31N3. The van der Waals surface area contributed by atoms with E-state index >= 15 is 0 Å². The standard InChI is InChI=1S/C20H31N3/c1-13(22-23-21)14-11-15-6-7-16-17-5-4-9-19(17,2)10-8-18(16)20(15,3)12-14/h15-18H,4-12H2,1-3H3/b14-13+/t15-,16-,17-,18-,19-,20-/m0/s1. The highest BCUT2D eigenvalue weighted by Crippen LogP contribution is 2.67. The molecule has 3 nitrogen and oxygen atoms in total. The van der Waals surface area contributed by atoms with Gasteiger partial charge in [0.15, 0.2) is 0 Å². The van der Waals surface area contributed by atoms with Gasteiger partial charge in [-0.3, -0.25) is 0 Å². The molecule has 0 spiro atoms. The molecular weight excluding hydrogens is 282 g/mol. The molecule has 4 fully saturated rings. The maximum absolute atomic E-state index is 8.76. The minimum atomic E-state index is 0.467. The summed E-state index contributed by atoms with van der Waals surface area (Å²) in [5.41, 5.74) is 12.3. The third-order valence-electron chi connectivity index (χ3n) is 8.64. The van der Waals surface area contributed by atoms with Crippen LogP contribution in [-0.4, -0.2) is 0 Å². The van der Waals surface area contributed by atoms with Crippen LogP contribution in [0.2, 0.25) is 0 Å². The van der Waals surface area contributed by atoms with E-state index in [2.05, 4.69) is 23.9 Å². The summed E-state index contributed by atoms with van der Waals surface area (Å²) in [4.78, 5) is 3.02. The lowest BCUT2D eigenvalue weighted by Crippen LogP contribution is -2.49. The second-order valence-electron chi connectivity index (χ2n) is 9.50. The summed E-state index contributed by atoms with van der Waals surface area (Å²) in [7, 11) is 0. The van der Waals surface area contributed by atoms with E-state index in [9.17, 15) is 0 Å². The average molecular weight is 313 g/mol. The third kappa shape index (κ3) is 2.19. The molecule has 0 amide bonds. The topological polar surface area (TPSA) is 48.8 Å². The van der Waals surface area contributed by atoms with Crippen LogP contribution >= 0.6 is 0 Å². The predicted octanol–water partition coefficient (Wildman–Crippen LogP) is 6.61. The lowest BCUT2D eigenvalue weighted by Gasteiger charge is -2.56. The molecule has 0 radical (unpaired) electrons. The third-order valence-corrected chi connectivity index (χ3v) is 8.64. The van der Waals surface area contributed by atoms with Crippen LogP contribution in [0.5, 0.6) is 0 Å². The Morgan fingerprint density at radius 3 is 2.74 bits per heavy atom. The zero-order valence-corrected chi connectivity index (χ0v) is 15.0. The van der Waals surface area contributed by atoms with E-state index in [0.29, 0.717) is 10.8 Å². The van der Waals surface area contributed by atoms with Gasteiger partial charge < -0.3 is 0 Å². The first-order valence-corrected chi connectivity index (χ1v) is 9.72. The second kappa shape index (κ2) is 5.28. The van der Waals surface area contributed by atoms with Crippen molar-refractivity contribution in [2.45, 2.75) is 78.6 Å². The smallest absolute Gasteiger partial charge is 0.0112 e. The van der Waals surface area contributed by atoms with Crippen LogP contribution in [0, 0.1) is 34.5 Å². The Morgan fingerprint density at radius 2 is 1.96 bits per heavy atom. The molecule has 0 aromatic rings. The van der Waals surface area contributed by atoms with Crippen LogP contribution in [-0.2, 0) is 0 Å². The highest BCUT2D eigenvalue weighted by atomic mass is 15.1. The van der Waals surface area contributed by atoms with Gasteiger partial charge in [-0.1, -0.05) is 31.0 Å². The van der Waals surface area contributed by atoms with Gasteiger partial charge in [0.2, 0.25) is 0 Å². The number of allylic oxidation sites excluding steroid dienone is 2. The van der Waals surface area contributed by atoms with Gasteiger partial charge in [-0.25, -0.2) is 0 Å². The van der Waals surface area contributed by atoms with E-state index in [1.54, 1.807) is 0 Å². The maximum atomic E-state index is 8.76. The Labute approximate surface area is 140 Å². The molecule has 4 aliphatic carbocycles. The molecule has 0 saturated heterocycles. The SMILES string of the molecule is C/C(N=[N+]=[N-])=C1/C[C@@H]2CC[C@H]3[C@@H]4CCC[C@@]4(C)CC[C@@H]3[C@@]2(C)C1. The Hall–Kier alpha value is -0.950. The minimum Gasteiger partial charge on any atom is -0.0655 e. The summed E-state index contributed by atoms with van der Waals surface area (Å²) in [6, 6.07) is 0. The molecule has 0 unspecified atom stereocenters. The van der Waals surface area contributed by atoms with Gasteiger partial charge in [0.25, 0.3) is 0 Å². The van der Waals surface area contributed by atoms with Gasteiger partial charge in [0.1, 0.15) is 0 Å². The van der Waals surface area contributed by atoms with Crippen molar-refractivity contribution in [1.29, 1.82) is 0 Å². The van der Waals surface area contributed by atoms with E-state index in [1.807, 2.05) is 6.92 Å². The Kier molecular flexibility index (Phi) is 3.57. The number of hydrogen-bond acceptors (Lipinski definition) is 1. The molecule has 0 aromatic heterocycles. The number of fused-ring (bicyclic) bond motifs is 5. The van der Waals surface area contributed by atoms with Gasteiger partial charge in [-0.15, -0.1) is 0 Å². The zero-order chi connectivity index (χ0) is 16.2. The lowest BCUT2D eigenvalue weighted by atomic mass is 9.48. The molecule has 23 heavy (non-hydrogen) atoms. The molecule has 126 valence electrons. The summed E-state index contributed by atoms with van der Waals surface area (Å²) < 4.78 is 0. The van der Waals surface area contributed by atoms with Crippen LogP contribution in [0.25, 0.3) is 10.4 Å². The Balaban J connectivity index is 1.64. The van der Waals surface area contributed by atoms with E-state index < -0.39 is 0 Å². The van der Waals surface area contributed by atoms with Crippen molar-refractivity contribution in [2.24, 2.45) is 39.6 Å². The Morgan fingerprint density at radius 1 is 1.13 bits per heavy atom. The molecule has 0 heterocycles. The minimum absolute atomic E-state index is 0.467. The molecule has 4 aliphatic rings. The summed E-state index contributed by atoms with van der Waals surface area (Å²) in [6.45, 7) is 7.17. The molecule has 3 heteroatoms. The van der Waals surface area contributed by atoms with Gasteiger partial charge in [-0.05, 0) is 98.3 Å². The van der Waals surface area contributed by atoms with Crippen LogP contribution in [0.15, 0.2) is 16.4 Å². The molecule has 0 aliphatic heterocycles. The number of hydrogen-bond donors (Lipinski definition) is 0. The monoisotopic (exact) mass is 313 g/mol.